The third-order valence-corrected chi connectivity index (χ3v) is 3.31. The van der Waals surface area contributed by atoms with Gasteiger partial charge in [-0.1, -0.05) is 24.3 Å². The molecule has 5 nitrogen and oxygen atoms in total. The van der Waals surface area contributed by atoms with E-state index < -0.39 is 4.92 Å². The number of para-hydroxylation sites is 1. The summed E-state index contributed by atoms with van der Waals surface area (Å²) in [7, 11) is 0. The predicted octanol–water partition coefficient (Wildman–Crippen LogP) is 4.51. The molecule has 0 fully saturated rings. The largest absolute Gasteiger partial charge is 0.459 e. The van der Waals surface area contributed by atoms with Gasteiger partial charge in [0.15, 0.2) is 0 Å². The average Bonchev–Trinajstić information content (AvgIpc) is 2.91. The van der Waals surface area contributed by atoms with Crippen molar-refractivity contribution in [2.45, 2.75) is 13.0 Å². The monoisotopic (exact) mass is 282 g/mol. The molecule has 0 aliphatic rings. The molecule has 1 heterocycles. The Kier molecular flexibility index (Phi) is 3.31. The maximum atomic E-state index is 10.8. The normalized spacial score (nSPS) is 12.2. The standard InChI is InChI=1S/C16H14N2O3/c1-11(16-9-12-5-2-3-8-15(12)21-16)17-13-6-4-7-14(10-13)18(19)20/h2-11,17H,1H3. The highest BCUT2D eigenvalue weighted by Crippen LogP contribution is 2.27. The van der Waals surface area contributed by atoms with Gasteiger partial charge in [-0.25, -0.2) is 0 Å². The summed E-state index contributed by atoms with van der Waals surface area (Å²) in [6.07, 6.45) is 0. The SMILES string of the molecule is CC(Nc1cccc([N+](=O)[O-])c1)c1cc2ccccc2o1. The van der Waals surface area contributed by atoms with Crippen molar-refractivity contribution in [2.75, 3.05) is 5.32 Å². The number of benzene rings is 2. The second kappa shape index (κ2) is 5.28. The number of nitrogens with one attached hydrogen (secondary N) is 1. The molecule has 0 radical (unpaired) electrons. The van der Waals surface area contributed by atoms with Crippen LogP contribution in [0.5, 0.6) is 0 Å². The quantitative estimate of drug-likeness (QED) is 0.564. The molecular weight excluding hydrogens is 268 g/mol. The van der Waals surface area contributed by atoms with Crippen LogP contribution in [0.3, 0.4) is 0 Å². The first-order chi connectivity index (χ1) is 10.1. The highest BCUT2D eigenvalue weighted by Gasteiger charge is 2.13. The lowest BCUT2D eigenvalue weighted by Gasteiger charge is -2.12. The smallest absolute Gasteiger partial charge is 0.271 e. The van der Waals surface area contributed by atoms with Gasteiger partial charge in [-0.3, -0.25) is 10.1 Å². The van der Waals surface area contributed by atoms with E-state index in [1.165, 1.54) is 12.1 Å². The number of rotatable bonds is 4. The topological polar surface area (TPSA) is 68.3 Å². The molecule has 0 amide bonds. The summed E-state index contributed by atoms with van der Waals surface area (Å²) in [5.41, 5.74) is 1.59. The van der Waals surface area contributed by atoms with Crippen molar-refractivity contribution in [3.8, 4) is 0 Å². The number of hydrogen-bond donors (Lipinski definition) is 1. The van der Waals surface area contributed by atoms with Crippen LogP contribution in [0.1, 0.15) is 18.7 Å². The van der Waals surface area contributed by atoms with Crippen LogP contribution in [0.15, 0.2) is 59.0 Å². The van der Waals surface area contributed by atoms with Crippen LogP contribution in [0.2, 0.25) is 0 Å². The number of non-ortho nitro benzene ring substituents is 1. The average molecular weight is 282 g/mol. The maximum absolute atomic E-state index is 10.8. The molecule has 0 aliphatic heterocycles. The van der Waals surface area contributed by atoms with E-state index in [9.17, 15) is 10.1 Å². The van der Waals surface area contributed by atoms with Crippen molar-refractivity contribution in [3.05, 3.63) is 70.5 Å². The van der Waals surface area contributed by atoms with E-state index in [0.29, 0.717) is 5.69 Å². The predicted molar refractivity (Wildman–Crippen MR) is 81.3 cm³/mol. The Morgan fingerprint density at radius 3 is 2.71 bits per heavy atom. The molecule has 2 aromatic carbocycles. The van der Waals surface area contributed by atoms with Crippen LogP contribution in [-0.2, 0) is 0 Å². The van der Waals surface area contributed by atoms with E-state index in [4.69, 9.17) is 4.42 Å². The van der Waals surface area contributed by atoms with Crippen molar-refractivity contribution in [1.82, 2.24) is 0 Å². The van der Waals surface area contributed by atoms with Gasteiger partial charge in [0.25, 0.3) is 5.69 Å². The van der Waals surface area contributed by atoms with Gasteiger partial charge in [-0.2, -0.15) is 0 Å². The first-order valence-electron chi connectivity index (χ1n) is 6.63. The highest BCUT2D eigenvalue weighted by atomic mass is 16.6. The van der Waals surface area contributed by atoms with Crippen molar-refractivity contribution in [3.63, 3.8) is 0 Å². The number of furan rings is 1. The first kappa shape index (κ1) is 13.2. The van der Waals surface area contributed by atoms with Gasteiger partial charge in [0.05, 0.1) is 11.0 Å². The van der Waals surface area contributed by atoms with Crippen molar-refractivity contribution in [2.24, 2.45) is 0 Å². The number of nitro benzene ring substituents is 1. The zero-order chi connectivity index (χ0) is 14.8. The second-order valence-corrected chi connectivity index (χ2v) is 4.86. The van der Waals surface area contributed by atoms with E-state index in [-0.39, 0.29) is 11.7 Å². The fourth-order valence-electron chi connectivity index (χ4n) is 2.25. The molecule has 0 spiro atoms. The fraction of sp³-hybridized carbons (Fsp3) is 0.125. The Balaban J connectivity index is 1.84. The molecule has 3 rings (SSSR count). The Hall–Kier alpha value is -2.82. The van der Waals surface area contributed by atoms with Crippen LogP contribution in [-0.4, -0.2) is 4.92 Å². The van der Waals surface area contributed by atoms with Crippen molar-refractivity contribution >= 4 is 22.3 Å². The summed E-state index contributed by atoms with van der Waals surface area (Å²) in [4.78, 5) is 10.4. The number of nitro groups is 1. The Morgan fingerprint density at radius 2 is 1.95 bits per heavy atom. The molecule has 3 aromatic rings. The van der Waals surface area contributed by atoms with Crippen LogP contribution in [0, 0.1) is 10.1 Å². The lowest BCUT2D eigenvalue weighted by atomic mass is 10.2. The molecule has 5 heteroatoms. The molecule has 0 saturated carbocycles. The van der Waals surface area contributed by atoms with Gasteiger partial charge in [-0.15, -0.1) is 0 Å². The molecule has 0 bridgehead atoms. The van der Waals surface area contributed by atoms with E-state index in [0.717, 1.165) is 16.7 Å². The highest BCUT2D eigenvalue weighted by molar-refractivity contribution is 5.77. The molecule has 1 N–H and O–H groups in total. The van der Waals surface area contributed by atoms with Gasteiger partial charge in [0, 0.05) is 23.2 Å². The fourth-order valence-corrected chi connectivity index (χ4v) is 2.25. The minimum atomic E-state index is -0.406. The summed E-state index contributed by atoms with van der Waals surface area (Å²) < 4.78 is 5.78. The van der Waals surface area contributed by atoms with Crippen LogP contribution in [0.4, 0.5) is 11.4 Å². The minimum absolute atomic E-state index is 0.0665. The Morgan fingerprint density at radius 1 is 1.14 bits per heavy atom. The summed E-state index contributed by atoms with van der Waals surface area (Å²) in [5, 5.41) is 15.0. The van der Waals surface area contributed by atoms with Crippen LogP contribution >= 0.6 is 0 Å². The number of fused-ring (bicyclic) bond motifs is 1. The molecule has 0 aliphatic carbocycles. The summed E-state index contributed by atoms with van der Waals surface area (Å²) in [6, 6.07) is 16.1. The molecule has 106 valence electrons. The zero-order valence-corrected chi connectivity index (χ0v) is 11.4. The van der Waals surface area contributed by atoms with Crippen molar-refractivity contribution in [1.29, 1.82) is 0 Å². The lowest BCUT2D eigenvalue weighted by Crippen LogP contribution is -2.05. The molecule has 0 saturated heterocycles. The number of nitrogens with zero attached hydrogens (tertiary/aromatic N) is 1. The molecule has 1 atom stereocenters. The Labute approximate surface area is 121 Å². The van der Waals surface area contributed by atoms with E-state index in [1.807, 2.05) is 37.3 Å². The summed E-state index contributed by atoms with van der Waals surface area (Å²) in [6.45, 7) is 1.95. The second-order valence-electron chi connectivity index (χ2n) is 4.86. The van der Waals surface area contributed by atoms with E-state index in [2.05, 4.69) is 5.32 Å². The van der Waals surface area contributed by atoms with Gasteiger partial charge >= 0.3 is 0 Å². The van der Waals surface area contributed by atoms with Crippen LogP contribution in [0.25, 0.3) is 11.0 Å². The van der Waals surface area contributed by atoms with Gasteiger partial charge in [-0.05, 0) is 25.1 Å². The summed E-state index contributed by atoms with van der Waals surface area (Å²) >= 11 is 0. The zero-order valence-electron chi connectivity index (χ0n) is 11.4. The van der Waals surface area contributed by atoms with E-state index in [1.54, 1.807) is 12.1 Å². The van der Waals surface area contributed by atoms with E-state index >= 15 is 0 Å². The van der Waals surface area contributed by atoms with Crippen LogP contribution < -0.4 is 5.32 Å². The third-order valence-electron chi connectivity index (χ3n) is 3.31. The van der Waals surface area contributed by atoms with Gasteiger partial charge in [0.2, 0.25) is 0 Å². The molecular formula is C16H14N2O3. The number of anilines is 1. The summed E-state index contributed by atoms with van der Waals surface area (Å²) in [5.74, 6) is 0.794. The van der Waals surface area contributed by atoms with Gasteiger partial charge in [0.1, 0.15) is 11.3 Å². The minimum Gasteiger partial charge on any atom is -0.459 e. The maximum Gasteiger partial charge on any atom is 0.271 e. The Bertz CT molecular complexity index is 762. The van der Waals surface area contributed by atoms with Gasteiger partial charge < -0.3 is 9.73 Å². The molecule has 1 aromatic heterocycles. The number of hydrogen-bond acceptors (Lipinski definition) is 4. The lowest BCUT2D eigenvalue weighted by molar-refractivity contribution is -0.384. The third kappa shape index (κ3) is 2.72. The van der Waals surface area contributed by atoms with Crippen molar-refractivity contribution < 1.29 is 9.34 Å². The first-order valence-corrected chi connectivity index (χ1v) is 6.63. The molecule has 21 heavy (non-hydrogen) atoms. The molecule has 1 unspecified atom stereocenters.